The molecule has 0 aromatic carbocycles. The molecule has 0 spiro atoms. The summed E-state index contributed by atoms with van der Waals surface area (Å²) in [7, 11) is 3.84. The van der Waals surface area contributed by atoms with E-state index in [9.17, 15) is 5.11 Å². The second-order valence-corrected chi connectivity index (χ2v) is 5.27. The molecule has 1 saturated carbocycles. The maximum atomic E-state index is 9.28. The van der Waals surface area contributed by atoms with E-state index in [1.165, 1.54) is 0 Å². The molecule has 0 aliphatic heterocycles. The first kappa shape index (κ1) is 12.6. The Morgan fingerprint density at radius 1 is 1.53 bits per heavy atom. The lowest BCUT2D eigenvalue weighted by Crippen LogP contribution is -2.37. The minimum absolute atomic E-state index is 0.102. The zero-order chi connectivity index (χ0) is 12.4. The van der Waals surface area contributed by atoms with Gasteiger partial charge in [0.1, 0.15) is 22.4 Å². The molecule has 5 nitrogen and oxygen atoms in total. The molecule has 0 radical (unpaired) electrons. The summed E-state index contributed by atoms with van der Waals surface area (Å²) in [6.45, 7) is 0.913. The fraction of sp³-hybridized carbons (Fsp3) is 0.636. The Morgan fingerprint density at radius 2 is 2.24 bits per heavy atom. The van der Waals surface area contributed by atoms with Crippen molar-refractivity contribution in [2.45, 2.75) is 18.9 Å². The Morgan fingerprint density at radius 3 is 2.82 bits per heavy atom. The van der Waals surface area contributed by atoms with Crippen LogP contribution >= 0.6 is 15.9 Å². The summed E-state index contributed by atoms with van der Waals surface area (Å²) in [5.74, 6) is 2.23. The minimum atomic E-state index is -0.102. The Balaban J connectivity index is 2.05. The topological polar surface area (TPSA) is 61.3 Å². The zero-order valence-corrected chi connectivity index (χ0v) is 11.6. The van der Waals surface area contributed by atoms with Gasteiger partial charge in [-0.15, -0.1) is 0 Å². The van der Waals surface area contributed by atoms with Crippen LogP contribution in [-0.4, -0.2) is 41.8 Å². The second kappa shape index (κ2) is 5.18. The van der Waals surface area contributed by atoms with Crippen molar-refractivity contribution < 1.29 is 5.11 Å². The number of anilines is 2. The molecule has 1 fully saturated rings. The van der Waals surface area contributed by atoms with E-state index in [0.29, 0.717) is 5.92 Å². The average Bonchev–Trinajstić information content (AvgIpc) is 2.27. The number of hydrogen-bond donors (Lipinski definition) is 2. The van der Waals surface area contributed by atoms with E-state index in [-0.39, 0.29) is 6.10 Å². The van der Waals surface area contributed by atoms with Crippen LogP contribution in [-0.2, 0) is 0 Å². The molecule has 1 aliphatic rings. The predicted octanol–water partition coefficient (Wildman–Crippen LogP) is 1.49. The molecule has 0 amide bonds. The van der Waals surface area contributed by atoms with Gasteiger partial charge in [-0.1, -0.05) is 0 Å². The number of nitrogens with one attached hydrogen (secondary N) is 1. The molecule has 1 heterocycles. The molecule has 2 rings (SSSR count). The van der Waals surface area contributed by atoms with Gasteiger partial charge in [-0.2, -0.15) is 0 Å². The highest BCUT2D eigenvalue weighted by atomic mass is 79.9. The van der Waals surface area contributed by atoms with Gasteiger partial charge in [0.25, 0.3) is 0 Å². The smallest absolute Gasteiger partial charge is 0.148 e. The summed E-state index contributed by atoms with van der Waals surface area (Å²) in [4.78, 5) is 10.5. The molecule has 0 atom stereocenters. The molecule has 17 heavy (non-hydrogen) atoms. The zero-order valence-electron chi connectivity index (χ0n) is 10.0. The first-order chi connectivity index (χ1) is 8.11. The lowest BCUT2D eigenvalue weighted by Gasteiger charge is -2.35. The van der Waals surface area contributed by atoms with Gasteiger partial charge in [0.05, 0.1) is 6.10 Å². The number of aliphatic hydroxyl groups excluding tert-OH is 1. The lowest BCUT2D eigenvalue weighted by molar-refractivity contribution is 0.0464. The predicted molar refractivity (Wildman–Crippen MR) is 71.3 cm³/mol. The van der Waals surface area contributed by atoms with Gasteiger partial charge in [-0.05, 0) is 34.7 Å². The van der Waals surface area contributed by atoms with Crippen LogP contribution in [0.1, 0.15) is 12.8 Å². The molecular weight excluding hydrogens is 284 g/mol. The van der Waals surface area contributed by atoms with Crippen molar-refractivity contribution in [3.05, 3.63) is 10.8 Å². The average molecular weight is 301 g/mol. The van der Waals surface area contributed by atoms with Gasteiger partial charge in [-0.25, -0.2) is 9.97 Å². The molecule has 2 N–H and O–H groups in total. The Kier molecular flexibility index (Phi) is 3.83. The highest BCUT2D eigenvalue weighted by molar-refractivity contribution is 9.10. The quantitative estimate of drug-likeness (QED) is 0.882. The summed E-state index contributed by atoms with van der Waals surface area (Å²) >= 11 is 3.51. The number of aromatic nitrogens is 2. The molecule has 1 aliphatic carbocycles. The van der Waals surface area contributed by atoms with Crippen molar-refractivity contribution in [3.63, 3.8) is 0 Å². The highest BCUT2D eigenvalue weighted by Gasteiger charge is 2.28. The van der Waals surface area contributed by atoms with Gasteiger partial charge in [0, 0.05) is 20.6 Å². The number of aliphatic hydroxyl groups is 1. The molecule has 0 saturated heterocycles. The monoisotopic (exact) mass is 300 g/mol. The third-order valence-electron chi connectivity index (χ3n) is 3.11. The summed E-state index contributed by atoms with van der Waals surface area (Å²) < 4.78 is 0.880. The van der Waals surface area contributed by atoms with E-state index in [0.717, 1.165) is 35.5 Å². The normalized spacial score (nSPS) is 23.1. The van der Waals surface area contributed by atoms with Crippen molar-refractivity contribution in [1.29, 1.82) is 0 Å². The third-order valence-corrected chi connectivity index (χ3v) is 3.84. The first-order valence-corrected chi connectivity index (χ1v) is 6.48. The number of rotatable bonds is 4. The van der Waals surface area contributed by atoms with Crippen LogP contribution in [0.3, 0.4) is 0 Å². The van der Waals surface area contributed by atoms with Crippen molar-refractivity contribution in [3.8, 4) is 0 Å². The van der Waals surface area contributed by atoms with Crippen LogP contribution in [0.4, 0.5) is 11.6 Å². The molecule has 1 aromatic heterocycles. The summed E-state index contributed by atoms with van der Waals surface area (Å²) in [5.41, 5.74) is 0. The molecule has 0 bridgehead atoms. The summed E-state index contributed by atoms with van der Waals surface area (Å²) in [6.07, 6.45) is 3.24. The van der Waals surface area contributed by atoms with Gasteiger partial charge in [0.2, 0.25) is 0 Å². The molecular formula is C11H17BrN4O. The third kappa shape index (κ3) is 2.69. The first-order valence-electron chi connectivity index (χ1n) is 5.69. The van der Waals surface area contributed by atoms with Gasteiger partial charge in [0.15, 0.2) is 0 Å². The molecule has 1 aromatic rings. The van der Waals surface area contributed by atoms with Crippen LogP contribution in [0, 0.1) is 5.92 Å². The van der Waals surface area contributed by atoms with Crippen molar-refractivity contribution in [2.24, 2.45) is 5.92 Å². The van der Waals surface area contributed by atoms with E-state index in [1.54, 1.807) is 6.33 Å². The fourth-order valence-electron chi connectivity index (χ4n) is 2.12. The van der Waals surface area contributed by atoms with Crippen LogP contribution in [0.2, 0.25) is 0 Å². The van der Waals surface area contributed by atoms with Crippen LogP contribution in [0.15, 0.2) is 10.8 Å². The maximum absolute atomic E-state index is 9.28. The standard InChI is InChI=1S/C11H17BrN4O/c1-13-10-9(12)11(15-6-14-10)16(2)5-7-3-8(17)4-7/h6-8,17H,3-5H2,1-2H3,(H,13,14,15). The van der Waals surface area contributed by atoms with E-state index in [4.69, 9.17) is 0 Å². The van der Waals surface area contributed by atoms with Crippen LogP contribution in [0.5, 0.6) is 0 Å². The summed E-state index contributed by atoms with van der Waals surface area (Å²) in [5, 5.41) is 12.3. The Hall–Kier alpha value is -0.880. The molecule has 94 valence electrons. The largest absolute Gasteiger partial charge is 0.393 e. The van der Waals surface area contributed by atoms with E-state index in [1.807, 2.05) is 14.1 Å². The van der Waals surface area contributed by atoms with Gasteiger partial charge < -0.3 is 15.3 Å². The minimum Gasteiger partial charge on any atom is -0.393 e. The fourth-order valence-corrected chi connectivity index (χ4v) is 2.83. The Bertz CT molecular complexity index is 395. The SMILES string of the molecule is CNc1ncnc(N(C)CC2CC(O)C2)c1Br. The number of nitrogens with zero attached hydrogens (tertiary/aromatic N) is 3. The van der Waals surface area contributed by atoms with Crippen molar-refractivity contribution >= 4 is 27.6 Å². The second-order valence-electron chi connectivity index (χ2n) is 4.48. The van der Waals surface area contributed by atoms with E-state index in [2.05, 4.69) is 36.1 Å². The number of hydrogen-bond acceptors (Lipinski definition) is 5. The van der Waals surface area contributed by atoms with E-state index >= 15 is 0 Å². The van der Waals surface area contributed by atoms with Crippen molar-refractivity contribution in [2.75, 3.05) is 30.9 Å². The highest BCUT2D eigenvalue weighted by Crippen LogP contribution is 2.32. The molecule has 0 unspecified atom stereocenters. The number of halogens is 1. The van der Waals surface area contributed by atoms with E-state index < -0.39 is 0 Å². The van der Waals surface area contributed by atoms with Crippen LogP contribution < -0.4 is 10.2 Å². The molecule has 6 heteroatoms. The van der Waals surface area contributed by atoms with Gasteiger partial charge >= 0.3 is 0 Å². The van der Waals surface area contributed by atoms with Crippen molar-refractivity contribution in [1.82, 2.24) is 9.97 Å². The Labute approximate surface area is 109 Å². The van der Waals surface area contributed by atoms with Gasteiger partial charge in [-0.3, -0.25) is 0 Å². The summed E-state index contributed by atoms with van der Waals surface area (Å²) in [6, 6.07) is 0. The lowest BCUT2D eigenvalue weighted by atomic mass is 9.82. The van der Waals surface area contributed by atoms with Crippen LogP contribution in [0.25, 0.3) is 0 Å². The maximum Gasteiger partial charge on any atom is 0.148 e.